The van der Waals surface area contributed by atoms with Gasteiger partial charge in [-0.05, 0) is 82.4 Å². The second-order valence-corrected chi connectivity index (χ2v) is 15.0. The molecule has 0 unspecified atom stereocenters. The number of imidazole rings is 1. The van der Waals surface area contributed by atoms with Crippen molar-refractivity contribution in [2.45, 2.75) is 89.2 Å². The first-order valence-electron chi connectivity index (χ1n) is 18.7. The molecule has 3 aromatic heterocycles. The van der Waals surface area contributed by atoms with E-state index in [9.17, 15) is 13.2 Å². The van der Waals surface area contributed by atoms with Crippen molar-refractivity contribution in [1.29, 1.82) is 0 Å². The average Bonchev–Trinajstić information content (AvgIpc) is 3.91. The van der Waals surface area contributed by atoms with E-state index >= 15 is 0 Å². The number of rotatable bonds is 14. The molecule has 292 valence electrons. The lowest BCUT2D eigenvalue weighted by molar-refractivity contribution is -0.274. The van der Waals surface area contributed by atoms with Crippen molar-refractivity contribution in [3.8, 4) is 17.2 Å². The summed E-state index contributed by atoms with van der Waals surface area (Å²) in [6, 6.07) is 12.8. The first-order valence-corrected chi connectivity index (χ1v) is 18.7. The quantitative estimate of drug-likeness (QED) is 0.116. The maximum absolute atomic E-state index is 12.7. The summed E-state index contributed by atoms with van der Waals surface area (Å²) in [5.74, 6) is 3.81. The standard InChI is InChI=1S/C40H46F3N7O5/c1-22(2)50(27-14-24(15-27)6-11-35-47-31-10-9-29(17-32(31)48-35)55-40(41,42)43)20-26-16-33(37-36(26)53-23(3)54-37)49-13-12-30-38(45-21-46-39(30)49)44-19-25-7-8-28(51-4)18-34(25)52-5/h7-10,12-13,17-18,21-22,24,26-27,33,36-37H,3,6,11,14-16,19-20H2,1-2,4-5H3,(H,47,48)(H,44,45,46)/t24?,26-,27?,33-,36-,37+/m1/s1. The lowest BCUT2D eigenvalue weighted by Crippen LogP contribution is -2.50. The molecule has 3 aliphatic rings. The number of H-pyrrole nitrogens is 1. The Hall–Kier alpha value is -5.18. The summed E-state index contributed by atoms with van der Waals surface area (Å²) in [5.41, 5.74) is 2.96. The zero-order valence-corrected chi connectivity index (χ0v) is 31.3. The van der Waals surface area contributed by atoms with Crippen LogP contribution in [-0.4, -0.2) is 80.8 Å². The molecule has 4 atom stereocenters. The fourth-order valence-corrected chi connectivity index (χ4v) is 8.67. The van der Waals surface area contributed by atoms with E-state index in [1.807, 2.05) is 18.2 Å². The van der Waals surface area contributed by atoms with Crippen LogP contribution in [0.4, 0.5) is 19.0 Å². The van der Waals surface area contributed by atoms with Crippen LogP contribution in [-0.2, 0) is 22.4 Å². The maximum atomic E-state index is 12.7. The molecule has 2 aromatic carbocycles. The molecular formula is C40H46F3N7O5. The van der Waals surface area contributed by atoms with Gasteiger partial charge in [-0.25, -0.2) is 15.0 Å². The van der Waals surface area contributed by atoms with Crippen LogP contribution < -0.4 is 19.5 Å². The lowest BCUT2D eigenvalue weighted by atomic mass is 9.76. The van der Waals surface area contributed by atoms with E-state index < -0.39 is 6.36 Å². The summed E-state index contributed by atoms with van der Waals surface area (Å²) in [6.45, 7) is 9.91. The predicted octanol–water partition coefficient (Wildman–Crippen LogP) is 7.77. The molecular weight excluding hydrogens is 715 g/mol. The van der Waals surface area contributed by atoms with Crippen LogP contribution in [0, 0.1) is 11.8 Å². The highest BCUT2D eigenvalue weighted by Crippen LogP contribution is 2.47. The number of ether oxygens (including phenoxy) is 5. The number of benzene rings is 2. The Morgan fingerprint density at radius 2 is 1.82 bits per heavy atom. The van der Waals surface area contributed by atoms with E-state index in [1.165, 1.54) is 12.1 Å². The summed E-state index contributed by atoms with van der Waals surface area (Å²) >= 11 is 0. The molecule has 0 amide bonds. The number of methoxy groups -OCH3 is 2. The van der Waals surface area contributed by atoms with Gasteiger partial charge in [-0.3, -0.25) is 4.90 Å². The summed E-state index contributed by atoms with van der Waals surface area (Å²) in [6.07, 6.45) is 3.31. The second kappa shape index (κ2) is 14.8. The van der Waals surface area contributed by atoms with Gasteiger partial charge in [-0.15, -0.1) is 13.2 Å². The van der Waals surface area contributed by atoms with Gasteiger partial charge in [0, 0.05) is 61.4 Å². The van der Waals surface area contributed by atoms with Crippen molar-refractivity contribution >= 4 is 27.9 Å². The Labute approximate surface area is 317 Å². The molecule has 12 nitrogen and oxygen atoms in total. The van der Waals surface area contributed by atoms with Crippen LogP contribution in [0.3, 0.4) is 0 Å². The van der Waals surface area contributed by atoms with Crippen LogP contribution in [0.15, 0.2) is 67.5 Å². The van der Waals surface area contributed by atoms with Gasteiger partial charge in [0.1, 0.15) is 47.0 Å². The van der Waals surface area contributed by atoms with Gasteiger partial charge in [0.15, 0.2) is 6.10 Å². The number of halogens is 3. The van der Waals surface area contributed by atoms with Gasteiger partial charge in [-0.1, -0.05) is 0 Å². The Kier molecular flexibility index (Phi) is 9.90. The Morgan fingerprint density at radius 3 is 2.58 bits per heavy atom. The Morgan fingerprint density at radius 1 is 1.02 bits per heavy atom. The smallest absolute Gasteiger partial charge is 0.497 e. The molecule has 1 aliphatic heterocycles. The molecule has 0 bridgehead atoms. The third-order valence-corrected chi connectivity index (χ3v) is 11.4. The third-order valence-electron chi connectivity index (χ3n) is 11.4. The van der Waals surface area contributed by atoms with Gasteiger partial charge in [0.05, 0.1) is 36.7 Å². The van der Waals surface area contributed by atoms with Crippen molar-refractivity contribution in [1.82, 2.24) is 29.4 Å². The van der Waals surface area contributed by atoms with Crippen LogP contribution >= 0.6 is 0 Å². The van der Waals surface area contributed by atoms with Crippen LogP contribution in [0.2, 0.25) is 0 Å². The third kappa shape index (κ3) is 7.58. The summed E-state index contributed by atoms with van der Waals surface area (Å²) < 4.78 is 67.8. The van der Waals surface area contributed by atoms with Crippen molar-refractivity contribution in [2.75, 3.05) is 26.1 Å². The van der Waals surface area contributed by atoms with E-state index in [0.29, 0.717) is 41.5 Å². The molecule has 3 fully saturated rings. The SMILES string of the molecule is C=C1O[C@@H]2[C@@H](CN(C(C)C)C3CC(CCc4nc5cc(OC(F)(F)F)ccc5[nH]4)C3)C[C@@H](n3ccc4c(NCc5ccc(OC)cc5OC)ncnc43)[C@@H]2O1. The number of aromatic amines is 1. The molecule has 4 heterocycles. The number of nitrogens with zero attached hydrogens (tertiary/aromatic N) is 5. The number of anilines is 1. The summed E-state index contributed by atoms with van der Waals surface area (Å²) in [7, 11) is 3.28. The maximum Gasteiger partial charge on any atom is 0.573 e. The number of aromatic nitrogens is 5. The highest BCUT2D eigenvalue weighted by Gasteiger charge is 2.53. The van der Waals surface area contributed by atoms with E-state index in [2.05, 4.69) is 67.2 Å². The van der Waals surface area contributed by atoms with Gasteiger partial charge >= 0.3 is 6.36 Å². The fourth-order valence-electron chi connectivity index (χ4n) is 8.67. The van der Waals surface area contributed by atoms with Crippen LogP contribution in [0.5, 0.6) is 17.2 Å². The fraction of sp³-hybridized carbons (Fsp3) is 0.475. The second-order valence-electron chi connectivity index (χ2n) is 15.0. The zero-order valence-electron chi connectivity index (χ0n) is 31.3. The van der Waals surface area contributed by atoms with Crippen LogP contribution in [0.25, 0.3) is 22.1 Å². The number of alkyl halides is 3. The monoisotopic (exact) mass is 761 g/mol. The highest BCUT2D eigenvalue weighted by molar-refractivity contribution is 5.87. The summed E-state index contributed by atoms with van der Waals surface area (Å²) in [5, 5.41) is 4.39. The van der Waals surface area contributed by atoms with Gasteiger partial charge < -0.3 is 38.6 Å². The van der Waals surface area contributed by atoms with Crippen molar-refractivity contribution in [3.05, 3.63) is 78.9 Å². The Balaban J connectivity index is 0.909. The molecule has 55 heavy (non-hydrogen) atoms. The van der Waals surface area contributed by atoms with Gasteiger partial charge in [-0.2, -0.15) is 0 Å². The molecule has 5 aromatic rings. The molecule has 15 heteroatoms. The normalized spacial score (nSPS) is 23.5. The number of hydrogen-bond donors (Lipinski definition) is 2. The largest absolute Gasteiger partial charge is 0.573 e. The average molecular weight is 762 g/mol. The van der Waals surface area contributed by atoms with Crippen LogP contribution in [0.1, 0.15) is 57.0 Å². The zero-order chi connectivity index (χ0) is 38.4. The molecule has 2 saturated carbocycles. The van der Waals surface area contributed by atoms with E-state index in [0.717, 1.165) is 78.4 Å². The summed E-state index contributed by atoms with van der Waals surface area (Å²) in [4.78, 5) is 19.7. The molecule has 1 saturated heterocycles. The van der Waals surface area contributed by atoms with Crippen molar-refractivity contribution < 1.29 is 36.9 Å². The minimum Gasteiger partial charge on any atom is -0.497 e. The van der Waals surface area contributed by atoms with Gasteiger partial charge in [0.25, 0.3) is 5.95 Å². The van der Waals surface area contributed by atoms with E-state index in [4.69, 9.17) is 23.9 Å². The topological polar surface area (TPSA) is 121 Å². The molecule has 2 N–H and O–H groups in total. The first kappa shape index (κ1) is 36.8. The highest BCUT2D eigenvalue weighted by atomic mass is 19.4. The molecule has 2 aliphatic carbocycles. The predicted molar refractivity (Wildman–Crippen MR) is 200 cm³/mol. The number of fused-ring (bicyclic) bond motifs is 3. The van der Waals surface area contributed by atoms with Crippen molar-refractivity contribution in [3.63, 3.8) is 0 Å². The Bertz CT molecular complexity index is 2160. The number of aryl methyl sites for hydroxylation is 1. The van der Waals surface area contributed by atoms with E-state index in [1.54, 1.807) is 26.6 Å². The van der Waals surface area contributed by atoms with E-state index in [-0.39, 0.29) is 29.9 Å². The number of hydrogen-bond acceptors (Lipinski definition) is 10. The minimum absolute atomic E-state index is 0.000697. The lowest BCUT2D eigenvalue weighted by Gasteiger charge is -2.46. The number of nitrogens with one attached hydrogen (secondary N) is 2. The first-order chi connectivity index (χ1) is 26.5. The minimum atomic E-state index is -4.74. The molecule has 0 spiro atoms. The van der Waals surface area contributed by atoms with Crippen molar-refractivity contribution in [2.24, 2.45) is 11.8 Å². The van der Waals surface area contributed by atoms with Gasteiger partial charge in [0.2, 0.25) is 0 Å². The molecule has 8 rings (SSSR count). The molecule has 0 radical (unpaired) electrons.